The highest BCUT2D eigenvalue weighted by Crippen LogP contribution is 2.21. The number of ether oxygens (including phenoxy) is 1. The van der Waals surface area contributed by atoms with Gasteiger partial charge in [-0.15, -0.1) is 0 Å². The number of halogens is 1. The molecule has 0 amide bonds. The van der Waals surface area contributed by atoms with Crippen molar-refractivity contribution in [3.05, 3.63) is 52.8 Å². The molecule has 1 aromatic carbocycles. The van der Waals surface area contributed by atoms with Crippen molar-refractivity contribution in [2.75, 3.05) is 5.73 Å². The van der Waals surface area contributed by atoms with Crippen LogP contribution in [0.1, 0.15) is 11.1 Å². The first-order chi connectivity index (χ1) is 8.15. The molecule has 0 atom stereocenters. The summed E-state index contributed by atoms with van der Waals surface area (Å²) in [4.78, 5) is 3.92. The van der Waals surface area contributed by atoms with Crippen molar-refractivity contribution in [2.45, 2.75) is 13.5 Å². The van der Waals surface area contributed by atoms with E-state index in [0.29, 0.717) is 11.8 Å². The van der Waals surface area contributed by atoms with Gasteiger partial charge in [0, 0.05) is 11.9 Å². The van der Waals surface area contributed by atoms with Crippen LogP contribution in [0.4, 0.5) is 5.69 Å². The standard InChI is InChI=1S/C13H13ClN2O/c1-9-6-11(15)2-3-12(9)17-8-10-4-5-16-13(14)7-10/h2-7H,8,15H2,1H3. The van der Waals surface area contributed by atoms with Crippen LogP contribution in [0.15, 0.2) is 36.5 Å². The molecule has 2 rings (SSSR count). The average Bonchev–Trinajstić information content (AvgIpc) is 2.28. The molecule has 0 aliphatic heterocycles. The molecule has 0 unspecified atom stereocenters. The highest BCUT2D eigenvalue weighted by Gasteiger charge is 2.01. The minimum Gasteiger partial charge on any atom is -0.489 e. The second-order valence-corrected chi connectivity index (χ2v) is 4.19. The molecule has 0 saturated carbocycles. The third kappa shape index (κ3) is 3.11. The van der Waals surface area contributed by atoms with Gasteiger partial charge in [-0.05, 0) is 48.4 Å². The maximum atomic E-state index is 5.80. The van der Waals surface area contributed by atoms with Crippen LogP contribution < -0.4 is 10.5 Å². The van der Waals surface area contributed by atoms with Crippen molar-refractivity contribution >= 4 is 17.3 Å². The van der Waals surface area contributed by atoms with Crippen molar-refractivity contribution in [1.29, 1.82) is 0 Å². The molecule has 0 bridgehead atoms. The fourth-order valence-corrected chi connectivity index (χ4v) is 1.72. The number of nitrogens with zero attached hydrogens (tertiary/aromatic N) is 1. The normalized spacial score (nSPS) is 10.2. The number of nitrogens with two attached hydrogens (primary N) is 1. The van der Waals surface area contributed by atoms with Crippen LogP contribution >= 0.6 is 11.6 Å². The number of rotatable bonds is 3. The number of pyridine rings is 1. The maximum absolute atomic E-state index is 5.80. The molecule has 0 aliphatic rings. The quantitative estimate of drug-likeness (QED) is 0.670. The van der Waals surface area contributed by atoms with Gasteiger partial charge in [0.15, 0.2) is 0 Å². The molecule has 88 valence electrons. The predicted molar refractivity (Wildman–Crippen MR) is 69.2 cm³/mol. The summed E-state index contributed by atoms with van der Waals surface area (Å²) in [5.41, 5.74) is 8.42. The van der Waals surface area contributed by atoms with E-state index in [2.05, 4.69) is 4.98 Å². The number of hydrogen-bond acceptors (Lipinski definition) is 3. The van der Waals surface area contributed by atoms with E-state index >= 15 is 0 Å². The number of nitrogen functional groups attached to an aromatic ring is 1. The van der Waals surface area contributed by atoms with E-state index in [-0.39, 0.29) is 0 Å². The Bertz CT molecular complexity index is 529. The van der Waals surface area contributed by atoms with Crippen LogP contribution in [0, 0.1) is 6.92 Å². The highest BCUT2D eigenvalue weighted by molar-refractivity contribution is 6.29. The third-order valence-electron chi connectivity index (χ3n) is 2.38. The monoisotopic (exact) mass is 248 g/mol. The zero-order valence-electron chi connectivity index (χ0n) is 9.48. The molecule has 3 nitrogen and oxygen atoms in total. The smallest absolute Gasteiger partial charge is 0.129 e. The van der Waals surface area contributed by atoms with Crippen molar-refractivity contribution in [1.82, 2.24) is 4.98 Å². The van der Waals surface area contributed by atoms with Crippen molar-refractivity contribution in [3.63, 3.8) is 0 Å². The number of aromatic nitrogens is 1. The zero-order chi connectivity index (χ0) is 12.3. The molecule has 0 fully saturated rings. The van der Waals surface area contributed by atoms with Gasteiger partial charge in [-0.3, -0.25) is 0 Å². The summed E-state index contributed by atoms with van der Waals surface area (Å²) in [5, 5.41) is 0.472. The number of hydrogen-bond donors (Lipinski definition) is 1. The van der Waals surface area contributed by atoms with Crippen LogP contribution in [0.3, 0.4) is 0 Å². The molecule has 0 aliphatic carbocycles. The van der Waals surface area contributed by atoms with Gasteiger partial charge in [0.1, 0.15) is 17.5 Å². The minimum atomic E-state index is 0.465. The fourth-order valence-electron chi connectivity index (χ4n) is 1.53. The van der Waals surface area contributed by atoms with Crippen LogP contribution in [0.25, 0.3) is 0 Å². The third-order valence-corrected chi connectivity index (χ3v) is 2.59. The summed E-state index contributed by atoms with van der Waals surface area (Å²) in [7, 11) is 0. The summed E-state index contributed by atoms with van der Waals surface area (Å²) in [6.45, 7) is 2.43. The Balaban J connectivity index is 2.07. The van der Waals surface area contributed by atoms with Gasteiger partial charge in [0.2, 0.25) is 0 Å². The lowest BCUT2D eigenvalue weighted by atomic mass is 10.2. The first-order valence-electron chi connectivity index (χ1n) is 5.24. The Labute approximate surface area is 105 Å². The molecule has 1 aromatic heterocycles. The van der Waals surface area contributed by atoms with E-state index in [1.54, 1.807) is 12.3 Å². The van der Waals surface area contributed by atoms with Gasteiger partial charge in [-0.2, -0.15) is 0 Å². The lowest BCUT2D eigenvalue weighted by Crippen LogP contribution is -1.98. The summed E-state index contributed by atoms with van der Waals surface area (Å²) >= 11 is 5.80. The van der Waals surface area contributed by atoms with Crippen LogP contribution in [-0.2, 0) is 6.61 Å². The predicted octanol–water partition coefficient (Wildman–Crippen LogP) is 3.20. The van der Waals surface area contributed by atoms with E-state index in [4.69, 9.17) is 22.1 Å². The van der Waals surface area contributed by atoms with E-state index in [1.165, 1.54) is 0 Å². The SMILES string of the molecule is Cc1cc(N)ccc1OCc1ccnc(Cl)c1. The molecule has 0 spiro atoms. The van der Waals surface area contributed by atoms with Gasteiger partial charge in [-0.25, -0.2) is 4.98 Å². The second-order valence-electron chi connectivity index (χ2n) is 3.80. The summed E-state index contributed by atoms with van der Waals surface area (Å²) in [6.07, 6.45) is 1.66. The molecular weight excluding hydrogens is 236 g/mol. The van der Waals surface area contributed by atoms with Crippen LogP contribution in [-0.4, -0.2) is 4.98 Å². The largest absolute Gasteiger partial charge is 0.489 e. The minimum absolute atomic E-state index is 0.465. The summed E-state index contributed by atoms with van der Waals surface area (Å²) < 4.78 is 5.69. The fraction of sp³-hybridized carbons (Fsp3) is 0.154. The van der Waals surface area contributed by atoms with Gasteiger partial charge < -0.3 is 10.5 Å². The average molecular weight is 249 g/mol. The first kappa shape index (κ1) is 11.7. The van der Waals surface area contributed by atoms with Crippen molar-refractivity contribution < 1.29 is 4.74 Å². The van der Waals surface area contributed by atoms with E-state index in [0.717, 1.165) is 22.6 Å². The molecule has 4 heteroatoms. The molecule has 17 heavy (non-hydrogen) atoms. The van der Waals surface area contributed by atoms with Gasteiger partial charge in [0.05, 0.1) is 0 Å². The van der Waals surface area contributed by atoms with Crippen LogP contribution in [0.5, 0.6) is 5.75 Å². The Kier molecular flexibility index (Phi) is 3.49. The van der Waals surface area contributed by atoms with Crippen molar-refractivity contribution in [3.8, 4) is 5.75 Å². The molecule has 2 N–H and O–H groups in total. The molecular formula is C13H13ClN2O. The summed E-state index contributed by atoms with van der Waals surface area (Å²) in [5.74, 6) is 0.826. The summed E-state index contributed by atoms with van der Waals surface area (Å²) in [6, 6.07) is 9.23. The van der Waals surface area contributed by atoms with E-state index in [1.807, 2.05) is 31.2 Å². The number of anilines is 1. The molecule has 0 saturated heterocycles. The molecule has 1 heterocycles. The number of benzene rings is 1. The van der Waals surface area contributed by atoms with Gasteiger partial charge >= 0.3 is 0 Å². The number of aryl methyl sites for hydroxylation is 1. The van der Waals surface area contributed by atoms with E-state index < -0.39 is 0 Å². The Morgan fingerprint density at radius 1 is 1.29 bits per heavy atom. The topological polar surface area (TPSA) is 48.1 Å². The van der Waals surface area contributed by atoms with Crippen LogP contribution in [0.2, 0.25) is 5.15 Å². The Morgan fingerprint density at radius 3 is 2.82 bits per heavy atom. The lowest BCUT2D eigenvalue weighted by molar-refractivity contribution is 0.304. The molecule has 2 aromatic rings. The van der Waals surface area contributed by atoms with E-state index in [9.17, 15) is 0 Å². The maximum Gasteiger partial charge on any atom is 0.129 e. The Morgan fingerprint density at radius 2 is 2.12 bits per heavy atom. The highest BCUT2D eigenvalue weighted by atomic mass is 35.5. The van der Waals surface area contributed by atoms with Gasteiger partial charge in [0.25, 0.3) is 0 Å². The second kappa shape index (κ2) is 5.06. The van der Waals surface area contributed by atoms with Crippen molar-refractivity contribution in [2.24, 2.45) is 0 Å². The lowest BCUT2D eigenvalue weighted by Gasteiger charge is -2.09. The Hall–Kier alpha value is -1.74. The first-order valence-corrected chi connectivity index (χ1v) is 5.62. The molecule has 0 radical (unpaired) electrons. The zero-order valence-corrected chi connectivity index (χ0v) is 10.2. The van der Waals surface area contributed by atoms with Gasteiger partial charge in [-0.1, -0.05) is 11.6 Å².